The lowest BCUT2D eigenvalue weighted by molar-refractivity contribution is 0.104. The van der Waals surface area contributed by atoms with Gasteiger partial charge in [0.1, 0.15) is 17.3 Å². The van der Waals surface area contributed by atoms with Gasteiger partial charge in [-0.25, -0.2) is 0 Å². The van der Waals surface area contributed by atoms with E-state index in [0.29, 0.717) is 16.5 Å². The lowest BCUT2D eigenvalue weighted by Gasteiger charge is -2.22. The average molecular weight is 456 g/mol. The van der Waals surface area contributed by atoms with Gasteiger partial charge in [0.05, 0.1) is 19.1 Å². The highest BCUT2D eigenvalue weighted by atomic mass is 32.2. The minimum absolute atomic E-state index is 0.0238. The Bertz CT molecular complexity index is 1280. The standard InChI is InChI=1S/C27H21NO4S/c1-30-20-11-7-18(8-12-20)28(19-9-13-21(31-2)14-10-19)26-16-15-22(32-26)17-25-27(29)23-5-3-4-6-24(23)33-25/h3-17H,1-2H3/b25-17-. The van der Waals surface area contributed by atoms with Gasteiger partial charge >= 0.3 is 0 Å². The summed E-state index contributed by atoms with van der Waals surface area (Å²) in [6.07, 6.45) is 1.80. The monoisotopic (exact) mass is 455 g/mol. The molecule has 4 aromatic rings. The minimum atomic E-state index is 0.0238. The molecule has 0 radical (unpaired) electrons. The maximum Gasteiger partial charge on any atom is 0.205 e. The first-order valence-electron chi connectivity index (χ1n) is 10.4. The Morgan fingerprint density at radius 1 is 0.788 bits per heavy atom. The number of hydrogen-bond donors (Lipinski definition) is 0. The van der Waals surface area contributed by atoms with E-state index in [4.69, 9.17) is 13.9 Å². The number of carbonyl (C=O) groups is 1. The topological polar surface area (TPSA) is 51.9 Å². The van der Waals surface area contributed by atoms with E-state index in [2.05, 4.69) is 0 Å². The van der Waals surface area contributed by atoms with E-state index in [1.807, 2.05) is 89.8 Å². The molecule has 0 saturated carbocycles. The molecule has 0 atom stereocenters. The zero-order valence-corrected chi connectivity index (χ0v) is 19.0. The molecule has 33 heavy (non-hydrogen) atoms. The van der Waals surface area contributed by atoms with E-state index >= 15 is 0 Å². The van der Waals surface area contributed by atoms with Gasteiger partial charge in [0.25, 0.3) is 0 Å². The van der Waals surface area contributed by atoms with Crippen molar-refractivity contribution in [2.45, 2.75) is 4.90 Å². The van der Waals surface area contributed by atoms with E-state index in [0.717, 1.165) is 33.3 Å². The highest BCUT2D eigenvalue weighted by Gasteiger charge is 2.26. The SMILES string of the molecule is COc1ccc(N(c2ccc(OC)cc2)c2ccc(/C=C3\Sc4ccccc4C3=O)o2)cc1. The van der Waals surface area contributed by atoms with Crippen molar-refractivity contribution in [1.29, 1.82) is 0 Å². The molecule has 0 saturated heterocycles. The number of thioether (sulfide) groups is 1. The van der Waals surface area contributed by atoms with Crippen LogP contribution in [0.1, 0.15) is 16.1 Å². The van der Waals surface area contributed by atoms with Gasteiger partial charge in [-0.15, -0.1) is 0 Å². The van der Waals surface area contributed by atoms with Gasteiger partial charge < -0.3 is 13.9 Å². The normalized spacial score (nSPS) is 13.8. The lowest BCUT2D eigenvalue weighted by Crippen LogP contribution is -2.08. The Labute approximate surface area is 196 Å². The van der Waals surface area contributed by atoms with Crippen LogP contribution in [0, 0.1) is 0 Å². The summed E-state index contributed by atoms with van der Waals surface area (Å²) in [5.41, 5.74) is 2.56. The third kappa shape index (κ3) is 4.13. The Hall–Kier alpha value is -3.90. The third-order valence-corrected chi connectivity index (χ3v) is 6.44. The molecular weight excluding hydrogens is 434 g/mol. The maximum absolute atomic E-state index is 12.7. The molecule has 2 heterocycles. The van der Waals surface area contributed by atoms with Crippen LogP contribution in [0.25, 0.3) is 6.08 Å². The summed E-state index contributed by atoms with van der Waals surface area (Å²) in [5, 5.41) is 0. The number of rotatable bonds is 6. The molecule has 0 unspecified atom stereocenters. The van der Waals surface area contributed by atoms with Crippen molar-refractivity contribution < 1.29 is 18.7 Å². The van der Waals surface area contributed by atoms with Gasteiger partial charge in [-0.2, -0.15) is 0 Å². The largest absolute Gasteiger partial charge is 0.497 e. The fourth-order valence-corrected chi connectivity index (χ4v) is 4.70. The van der Waals surface area contributed by atoms with Gasteiger partial charge in [0.2, 0.25) is 11.7 Å². The van der Waals surface area contributed by atoms with Crippen LogP contribution in [-0.4, -0.2) is 20.0 Å². The average Bonchev–Trinajstić information content (AvgIpc) is 3.45. The van der Waals surface area contributed by atoms with Crippen molar-refractivity contribution in [3.63, 3.8) is 0 Å². The Kier molecular flexibility index (Phi) is 5.67. The summed E-state index contributed by atoms with van der Waals surface area (Å²) < 4.78 is 16.8. The first-order chi connectivity index (χ1) is 16.2. The number of anilines is 3. The molecule has 0 aliphatic carbocycles. The van der Waals surface area contributed by atoms with Gasteiger partial charge in [-0.3, -0.25) is 9.69 Å². The number of Topliss-reactive ketones (excluding diaryl/α,β-unsaturated/α-hetero) is 1. The maximum atomic E-state index is 12.7. The number of allylic oxidation sites excluding steroid dienone is 1. The number of benzene rings is 3. The minimum Gasteiger partial charge on any atom is -0.497 e. The molecule has 0 bridgehead atoms. The number of hydrogen-bond acceptors (Lipinski definition) is 6. The van der Waals surface area contributed by atoms with Gasteiger partial charge in [0.15, 0.2) is 0 Å². The first-order valence-corrected chi connectivity index (χ1v) is 11.2. The number of ketones is 1. The quantitative estimate of drug-likeness (QED) is 0.289. The molecule has 0 N–H and O–H groups in total. The number of methoxy groups -OCH3 is 2. The van der Waals surface area contributed by atoms with E-state index in [9.17, 15) is 4.79 Å². The molecule has 1 aliphatic heterocycles. The molecule has 5 nitrogen and oxygen atoms in total. The van der Waals surface area contributed by atoms with E-state index < -0.39 is 0 Å². The van der Waals surface area contributed by atoms with Crippen LogP contribution in [0.5, 0.6) is 11.5 Å². The van der Waals surface area contributed by atoms with Crippen LogP contribution in [0.2, 0.25) is 0 Å². The Morgan fingerprint density at radius 2 is 1.39 bits per heavy atom. The molecule has 0 fully saturated rings. The van der Waals surface area contributed by atoms with Crippen molar-refractivity contribution in [3.8, 4) is 11.5 Å². The third-order valence-electron chi connectivity index (χ3n) is 5.34. The van der Waals surface area contributed by atoms with Crippen LogP contribution in [0.4, 0.5) is 17.3 Å². The van der Waals surface area contributed by atoms with Gasteiger partial charge in [-0.05, 0) is 72.8 Å². The van der Waals surface area contributed by atoms with Crippen LogP contribution in [-0.2, 0) is 0 Å². The second-order valence-electron chi connectivity index (χ2n) is 7.34. The summed E-state index contributed by atoms with van der Waals surface area (Å²) in [6, 6.07) is 26.9. The molecule has 1 aliphatic rings. The molecule has 0 amide bonds. The molecule has 1 aromatic heterocycles. The van der Waals surface area contributed by atoms with Crippen molar-refractivity contribution in [1.82, 2.24) is 0 Å². The number of nitrogens with zero attached hydrogens (tertiary/aromatic N) is 1. The molecule has 5 rings (SSSR count). The Morgan fingerprint density at radius 3 is 1.97 bits per heavy atom. The van der Waals surface area contributed by atoms with Crippen LogP contribution < -0.4 is 14.4 Å². The first kappa shape index (κ1) is 21.0. The number of ether oxygens (including phenoxy) is 2. The molecule has 164 valence electrons. The molecule has 0 spiro atoms. The zero-order chi connectivity index (χ0) is 22.8. The van der Waals surface area contributed by atoms with Crippen molar-refractivity contribution in [2.24, 2.45) is 0 Å². The number of fused-ring (bicyclic) bond motifs is 1. The molecule has 3 aromatic carbocycles. The summed E-state index contributed by atoms with van der Waals surface area (Å²) in [6.45, 7) is 0. The summed E-state index contributed by atoms with van der Waals surface area (Å²) >= 11 is 1.47. The van der Waals surface area contributed by atoms with E-state index in [1.165, 1.54) is 11.8 Å². The van der Waals surface area contributed by atoms with E-state index in [-0.39, 0.29) is 5.78 Å². The fourth-order valence-electron chi connectivity index (χ4n) is 3.67. The van der Waals surface area contributed by atoms with Crippen molar-refractivity contribution >= 4 is 40.9 Å². The number of furan rings is 1. The van der Waals surface area contributed by atoms with Gasteiger partial charge in [0, 0.05) is 27.9 Å². The van der Waals surface area contributed by atoms with Crippen LogP contribution in [0.3, 0.4) is 0 Å². The lowest BCUT2D eigenvalue weighted by atomic mass is 10.1. The predicted molar refractivity (Wildman–Crippen MR) is 131 cm³/mol. The van der Waals surface area contributed by atoms with Crippen LogP contribution in [0.15, 0.2) is 99.1 Å². The van der Waals surface area contributed by atoms with Gasteiger partial charge in [-0.1, -0.05) is 23.9 Å². The highest BCUT2D eigenvalue weighted by molar-refractivity contribution is 8.04. The second kappa shape index (κ2) is 8.92. The van der Waals surface area contributed by atoms with Crippen LogP contribution >= 0.6 is 11.8 Å². The molecular formula is C27H21NO4S. The second-order valence-corrected chi connectivity index (χ2v) is 8.43. The highest BCUT2D eigenvalue weighted by Crippen LogP contribution is 2.42. The number of carbonyl (C=O) groups excluding carboxylic acids is 1. The summed E-state index contributed by atoms with van der Waals surface area (Å²) in [5.74, 6) is 2.81. The Balaban J connectivity index is 1.50. The fraction of sp³-hybridized carbons (Fsp3) is 0.0741. The summed E-state index contributed by atoms with van der Waals surface area (Å²) in [7, 11) is 3.28. The predicted octanol–water partition coefficient (Wildman–Crippen LogP) is 7.10. The van der Waals surface area contributed by atoms with Crippen molar-refractivity contribution in [2.75, 3.05) is 19.1 Å². The van der Waals surface area contributed by atoms with E-state index in [1.54, 1.807) is 20.3 Å². The molecule has 6 heteroatoms. The van der Waals surface area contributed by atoms with Crippen molar-refractivity contribution in [3.05, 3.63) is 101 Å². The summed E-state index contributed by atoms with van der Waals surface area (Å²) in [4.78, 5) is 16.4. The zero-order valence-electron chi connectivity index (χ0n) is 18.1. The smallest absolute Gasteiger partial charge is 0.205 e.